The summed E-state index contributed by atoms with van der Waals surface area (Å²) in [6.07, 6.45) is 0. The third kappa shape index (κ3) is 4.61. The van der Waals surface area contributed by atoms with Gasteiger partial charge in [-0.2, -0.15) is 13.1 Å². The van der Waals surface area contributed by atoms with Gasteiger partial charge in [0, 0.05) is 5.54 Å². The van der Waals surface area contributed by atoms with Gasteiger partial charge in [-0.05, 0) is 39.3 Å². The van der Waals surface area contributed by atoms with E-state index in [1.54, 1.807) is 27.7 Å². The molecule has 0 atom stereocenters. The number of rotatable bonds is 3. The van der Waals surface area contributed by atoms with Crippen molar-refractivity contribution in [2.45, 2.75) is 33.2 Å². The van der Waals surface area contributed by atoms with Gasteiger partial charge >= 0.3 is 0 Å². The zero-order chi connectivity index (χ0) is 14.1. The molecule has 1 heterocycles. The number of anilines is 1. The molecule has 0 fully saturated rings. The molecule has 0 amide bonds. The van der Waals surface area contributed by atoms with Gasteiger partial charge in [0.05, 0.1) is 5.69 Å². The average Bonchev–Trinajstić information content (AvgIpc) is 2.07. The van der Waals surface area contributed by atoms with E-state index < -0.39 is 15.7 Å². The Morgan fingerprint density at radius 2 is 1.83 bits per heavy atom. The average molecular weight is 312 g/mol. The minimum atomic E-state index is -3.72. The molecular weight excluding hydrogens is 297 g/mol. The fourth-order valence-corrected chi connectivity index (χ4v) is 3.30. The van der Waals surface area contributed by atoms with Crippen LogP contribution in [0.5, 0.6) is 0 Å². The Hall–Kier alpha value is -0.560. The van der Waals surface area contributed by atoms with Gasteiger partial charge in [-0.15, -0.1) is 0 Å². The quantitative estimate of drug-likeness (QED) is 0.843. The first-order valence-electron chi connectivity index (χ1n) is 5.14. The van der Waals surface area contributed by atoms with Crippen molar-refractivity contribution in [3.63, 3.8) is 0 Å². The summed E-state index contributed by atoms with van der Waals surface area (Å²) >= 11 is 11.6. The molecule has 0 aliphatic rings. The summed E-state index contributed by atoms with van der Waals surface area (Å²) in [7, 11) is -3.72. The van der Waals surface area contributed by atoms with Gasteiger partial charge < -0.3 is 0 Å². The second-order valence-electron chi connectivity index (χ2n) is 4.89. The van der Waals surface area contributed by atoms with Crippen LogP contribution < -0.4 is 9.44 Å². The van der Waals surface area contributed by atoms with E-state index >= 15 is 0 Å². The van der Waals surface area contributed by atoms with E-state index in [-0.39, 0.29) is 16.0 Å². The maximum atomic E-state index is 11.9. The summed E-state index contributed by atoms with van der Waals surface area (Å²) in [5.74, 6) is 0. The number of nitrogens with zero attached hydrogens (tertiary/aromatic N) is 1. The van der Waals surface area contributed by atoms with Gasteiger partial charge in [-0.3, -0.25) is 4.72 Å². The molecule has 102 valence electrons. The Bertz CT molecular complexity index is 530. The fraction of sp³-hybridized carbons (Fsp3) is 0.500. The second kappa shape index (κ2) is 5.21. The number of hydrogen-bond donors (Lipinski definition) is 2. The van der Waals surface area contributed by atoms with E-state index in [4.69, 9.17) is 23.2 Å². The van der Waals surface area contributed by atoms with Crippen molar-refractivity contribution in [3.05, 3.63) is 21.9 Å². The molecule has 1 rings (SSSR count). The maximum Gasteiger partial charge on any atom is 0.299 e. The number of halogens is 2. The van der Waals surface area contributed by atoms with Gasteiger partial charge in [-0.1, -0.05) is 23.2 Å². The largest absolute Gasteiger partial charge is 0.299 e. The Labute approximate surface area is 117 Å². The predicted molar refractivity (Wildman–Crippen MR) is 74.4 cm³/mol. The molecule has 8 heteroatoms. The smallest absolute Gasteiger partial charge is 0.268 e. The molecule has 18 heavy (non-hydrogen) atoms. The Morgan fingerprint density at radius 1 is 1.28 bits per heavy atom. The van der Waals surface area contributed by atoms with Gasteiger partial charge in [0.2, 0.25) is 0 Å². The summed E-state index contributed by atoms with van der Waals surface area (Å²) in [4.78, 5) is 3.79. The van der Waals surface area contributed by atoms with Crippen LogP contribution >= 0.6 is 23.2 Å². The molecule has 5 nitrogen and oxygen atoms in total. The van der Waals surface area contributed by atoms with Crippen molar-refractivity contribution in [1.82, 2.24) is 9.71 Å². The normalized spacial score (nSPS) is 12.6. The minimum Gasteiger partial charge on any atom is -0.268 e. The SMILES string of the molecule is Cc1cc(Cl)nc(Cl)c1NS(=O)(=O)NC(C)(C)C. The third-order valence-corrected chi connectivity index (χ3v) is 3.64. The van der Waals surface area contributed by atoms with Crippen molar-refractivity contribution < 1.29 is 8.42 Å². The van der Waals surface area contributed by atoms with E-state index in [0.29, 0.717) is 5.56 Å². The molecule has 0 saturated carbocycles. The molecule has 0 aliphatic carbocycles. The first-order valence-corrected chi connectivity index (χ1v) is 7.38. The number of pyridine rings is 1. The van der Waals surface area contributed by atoms with Gasteiger partial charge in [0.1, 0.15) is 5.15 Å². The van der Waals surface area contributed by atoms with Crippen LogP contribution in [-0.4, -0.2) is 18.9 Å². The van der Waals surface area contributed by atoms with Crippen LogP contribution in [0.25, 0.3) is 0 Å². The summed E-state index contributed by atoms with van der Waals surface area (Å²) in [6.45, 7) is 6.90. The zero-order valence-electron chi connectivity index (χ0n) is 10.5. The predicted octanol–water partition coefficient (Wildman–Crippen LogP) is 2.74. The first-order chi connectivity index (χ1) is 8.00. The molecule has 2 N–H and O–H groups in total. The topological polar surface area (TPSA) is 71.1 Å². The molecule has 0 bridgehead atoms. The second-order valence-corrected chi connectivity index (χ2v) is 7.05. The molecule has 0 aromatic carbocycles. The van der Waals surface area contributed by atoms with E-state index in [1.807, 2.05) is 0 Å². The zero-order valence-corrected chi connectivity index (χ0v) is 12.8. The van der Waals surface area contributed by atoms with E-state index in [1.165, 1.54) is 6.07 Å². The molecule has 0 unspecified atom stereocenters. The lowest BCUT2D eigenvalue weighted by atomic mass is 10.1. The number of hydrogen-bond acceptors (Lipinski definition) is 3. The highest BCUT2D eigenvalue weighted by atomic mass is 35.5. The monoisotopic (exact) mass is 311 g/mol. The summed E-state index contributed by atoms with van der Waals surface area (Å²) in [5, 5.41) is 0.225. The van der Waals surface area contributed by atoms with Crippen molar-refractivity contribution in [3.8, 4) is 0 Å². The van der Waals surface area contributed by atoms with Crippen LogP contribution in [0.1, 0.15) is 26.3 Å². The third-order valence-electron chi connectivity index (χ3n) is 1.82. The lowest BCUT2D eigenvalue weighted by molar-refractivity contribution is 0.494. The van der Waals surface area contributed by atoms with Crippen LogP contribution in [0.15, 0.2) is 6.07 Å². The summed E-state index contributed by atoms with van der Waals surface area (Å²) < 4.78 is 28.5. The van der Waals surface area contributed by atoms with Crippen LogP contribution in [-0.2, 0) is 10.2 Å². The number of aromatic nitrogens is 1. The van der Waals surface area contributed by atoms with Crippen molar-refractivity contribution >= 4 is 39.1 Å². The van der Waals surface area contributed by atoms with Crippen LogP contribution in [0.2, 0.25) is 10.3 Å². The number of aryl methyl sites for hydroxylation is 1. The van der Waals surface area contributed by atoms with Crippen LogP contribution in [0.4, 0.5) is 5.69 Å². The van der Waals surface area contributed by atoms with Crippen LogP contribution in [0, 0.1) is 6.92 Å². The van der Waals surface area contributed by atoms with Crippen molar-refractivity contribution in [1.29, 1.82) is 0 Å². The molecule has 0 radical (unpaired) electrons. The standard InChI is InChI=1S/C10H15Cl2N3O2S/c1-6-5-7(11)13-9(12)8(6)14-18(16,17)15-10(2,3)4/h5,14-15H,1-4H3. The van der Waals surface area contributed by atoms with E-state index in [2.05, 4.69) is 14.4 Å². The Balaban J connectivity index is 3.06. The lowest BCUT2D eigenvalue weighted by Crippen LogP contribution is -2.43. The highest BCUT2D eigenvalue weighted by Gasteiger charge is 2.21. The Kier molecular flexibility index (Phi) is 4.48. The Morgan fingerprint density at radius 3 is 2.28 bits per heavy atom. The van der Waals surface area contributed by atoms with Gasteiger partial charge in [-0.25, -0.2) is 4.98 Å². The molecule has 1 aromatic heterocycles. The maximum absolute atomic E-state index is 11.9. The molecule has 1 aromatic rings. The summed E-state index contributed by atoms with van der Waals surface area (Å²) in [6, 6.07) is 1.53. The molecule has 0 spiro atoms. The van der Waals surface area contributed by atoms with E-state index in [9.17, 15) is 8.42 Å². The highest BCUT2D eigenvalue weighted by Crippen LogP contribution is 2.27. The van der Waals surface area contributed by atoms with Crippen molar-refractivity contribution in [2.75, 3.05) is 4.72 Å². The minimum absolute atomic E-state index is 0.0132. The van der Waals surface area contributed by atoms with Crippen LogP contribution in [0.3, 0.4) is 0 Å². The van der Waals surface area contributed by atoms with Gasteiger partial charge in [0.15, 0.2) is 5.15 Å². The van der Waals surface area contributed by atoms with E-state index in [0.717, 1.165) is 0 Å². The molecule has 0 saturated heterocycles. The molecular formula is C10H15Cl2N3O2S. The molecule has 0 aliphatic heterocycles. The first kappa shape index (κ1) is 15.5. The highest BCUT2D eigenvalue weighted by molar-refractivity contribution is 7.90. The summed E-state index contributed by atoms with van der Waals surface area (Å²) in [5.41, 5.74) is 0.226. The van der Waals surface area contributed by atoms with Gasteiger partial charge in [0.25, 0.3) is 10.2 Å². The fourth-order valence-electron chi connectivity index (χ4n) is 1.28. The number of nitrogens with one attached hydrogen (secondary N) is 2. The van der Waals surface area contributed by atoms with Crippen molar-refractivity contribution in [2.24, 2.45) is 0 Å². The lowest BCUT2D eigenvalue weighted by Gasteiger charge is -2.21.